The van der Waals surface area contributed by atoms with Crippen molar-refractivity contribution in [1.82, 2.24) is 4.57 Å². The summed E-state index contributed by atoms with van der Waals surface area (Å²) in [6.45, 7) is 1.57. The van der Waals surface area contributed by atoms with Crippen LogP contribution in [0.2, 0.25) is 0 Å². The number of benzene rings is 1. The van der Waals surface area contributed by atoms with E-state index in [1.54, 1.807) is 6.92 Å². The molecule has 1 aromatic carbocycles. The normalized spacial score (nSPS) is 14.8. The van der Waals surface area contributed by atoms with Crippen molar-refractivity contribution < 1.29 is 18.7 Å². The fourth-order valence-corrected chi connectivity index (χ4v) is 2.54. The molecule has 3 rings (SSSR count). The van der Waals surface area contributed by atoms with Crippen molar-refractivity contribution in [2.45, 2.75) is 25.8 Å². The van der Waals surface area contributed by atoms with Crippen LogP contribution in [0.25, 0.3) is 10.9 Å². The Morgan fingerprint density at radius 1 is 1.35 bits per heavy atom. The SMILES string of the molecule is Cc1cc(F)cc2c(=O)c(C(=O)O)c(F)n(C3CC3)c12. The molecule has 0 bridgehead atoms. The lowest BCUT2D eigenvalue weighted by Gasteiger charge is -2.15. The fourth-order valence-electron chi connectivity index (χ4n) is 2.54. The van der Waals surface area contributed by atoms with Crippen LogP contribution in [0.15, 0.2) is 16.9 Å². The second-order valence-corrected chi connectivity index (χ2v) is 5.02. The third-order valence-corrected chi connectivity index (χ3v) is 3.52. The van der Waals surface area contributed by atoms with Gasteiger partial charge in [-0.2, -0.15) is 4.39 Å². The number of hydrogen-bond donors (Lipinski definition) is 1. The maximum absolute atomic E-state index is 14.4. The van der Waals surface area contributed by atoms with E-state index in [1.807, 2.05) is 0 Å². The third kappa shape index (κ3) is 1.71. The average molecular weight is 279 g/mol. The van der Waals surface area contributed by atoms with E-state index in [9.17, 15) is 18.4 Å². The van der Waals surface area contributed by atoms with Crippen LogP contribution in [0.1, 0.15) is 34.8 Å². The summed E-state index contributed by atoms with van der Waals surface area (Å²) in [7, 11) is 0. The molecule has 4 nitrogen and oxygen atoms in total. The molecule has 1 aliphatic rings. The molecule has 20 heavy (non-hydrogen) atoms. The minimum absolute atomic E-state index is 0.0896. The van der Waals surface area contributed by atoms with Gasteiger partial charge in [-0.3, -0.25) is 4.79 Å². The van der Waals surface area contributed by atoms with Gasteiger partial charge in [-0.15, -0.1) is 0 Å². The van der Waals surface area contributed by atoms with E-state index in [0.29, 0.717) is 18.4 Å². The van der Waals surface area contributed by atoms with Crippen molar-refractivity contribution in [1.29, 1.82) is 0 Å². The second-order valence-electron chi connectivity index (χ2n) is 5.02. The standard InChI is InChI=1S/C14H11F2NO3/c1-6-4-7(15)5-9-11(6)17(8-2-3-8)13(16)10(12(9)18)14(19)20/h4-5,8H,2-3H2,1H3,(H,19,20). The quantitative estimate of drug-likeness (QED) is 0.860. The van der Waals surface area contributed by atoms with Gasteiger partial charge in [0, 0.05) is 11.4 Å². The number of carboxylic acids is 1. The highest BCUT2D eigenvalue weighted by atomic mass is 19.1. The molecule has 2 aromatic rings. The molecular weight excluding hydrogens is 268 g/mol. The molecular formula is C14H11F2NO3. The first kappa shape index (κ1) is 12.8. The molecule has 1 fully saturated rings. The summed E-state index contributed by atoms with van der Waals surface area (Å²) < 4.78 is 29.1. The Morgan fingerprint density at radius 3 is 2.55 bits per heavy atom. The zero-order chi connectivity index (χ0) is 14.6. The van der Waals surface area contributed by atoms with Gasteiger partial charge in [0.15, 0.2) is 5.56 Å². The van der Waals surface area contributed by atoms with Gasteiger partial charge < -0.3 is 9.67 Å². The number of aromatic nitrogens is 1. The van der Waals surface area contributed by atoms with Crippen LogP contribution in [-0.2, 0) is 0 Å². The van der Waals surface area contributed by atoms with E-state index in [0.717, 1.165) is 6.07 Å². The molecule has 0 aliphatic heterocycles. The number of fused-ring (bicyclic) bond motifs is 1. The number of carbonyl (C=O) groups is 1. The Hall–Kier alpha value is -2.24. The molecule has 0 saturated heterocycles. The number of hydrogen-bond acceptors (Lipinski definition) is 2. The van der Waals surface area contributed by atoms with Crippen molar-refractivity contribution in [2.24, 2.45) is 0 Å². The van der Waals surface area contributed by atoms with Crippen LogP contribution in [-0.4, -0.2) is 15.6 Å². The summed E-state index contributed by atoms with van der Waals surface area (Å²) in [5, 5.41) is 8.93. The Labute approximate surface area is 112 Å². The van der Waals surface area contributed by atoms with Crippen molar-refractivity contribution >= 4 is 16.9 Å². The number of carboxylic acid groups (broad SMARTS) is 1. The van der Waals surface area contributed by atoms with Crippen molar-refractivity contribution in [3.63, 3.8) is 0 Å². The van der Waals surface area contributed by atoms with E-state index >= 15 is 0 Å². The second kappa shape index (κ2) is 4.13. The average Bonchev–Trinajstić information content (AvgIpc) is 3.14. The predicted octanol–water partition coefficient (Wildman–Crippen LogP) is 2.62. The largest absolute Gasteiger partial charge is 0.477 e. The highest BCUT2D eigenvalue weighted by molar-refractivity contribution is 5.93. The highest BCUT2D eigenvalue weighted by Crippen LogP contribution is 2.39. The summed E-state index contributed by atoms with van der Waals surface area (Å²) in [5.74, 6) is -3.32. The summed E-state index contributed by atoms with van der Waals surface area (Å²) in [4.78, 5) is 23.2. The summed E-state index contributed by atoms with van der Waals surface area (Å²) >= 11 is 0. The maximum atomic E-state index is 14.4. The van der Waals surface area contributed by atoms with Crippen LogP contribution >= 0.6 is 0 Å². The lowest BCUT2D eigenvalue weighted by molar-refractivity contribution is 0.0688. The molecule has 0 radical (unpaired) electrons. The molecule has 0 amide bonds. The number of halogens is 2. The highest BCUT2D eigenvalue weighted by Gasteiger charge is 2.32. The summed E-state index contributed by atoms with van der Waals surface area (Å²) in [5.41, 5.74) is -1.21. The molecule has 0 unspecified atom stereocenters. The number of pyridine rings is 1. The first-order chi connectivity index (χ1) is 9.41. The number of nitrogens with zero attached hydrogens (tertiary/aromatic N) is 1. The van der Waals surface area contributed by atoms with Crippen LogP contribution in [0, 0.1) is 18.7 Å². The summed E-state index contributed by atoms with van der Waals surface area (Å²) in [6.07, 6.45) is 1.43. The molecule has 104 valence electrons. The van der Waals surface area contributed by atoms with E-state index in [1.165, 1.54) is 10.6 Å². The van der Waals surface area contributed by atoms with Crippen molar-refractivity contribution in [3.8, 4) is 0 Å². The topological polar surface area (TPSA) is 59.3 Å². The third-order valence-electron chi connectivity index (χ3n) is 3.52. The molecule has 1 aromatic heterocycles. The van der Waals surface area contributed by atoms with Crippen LogP contribution in [0.4, 0.5) is 8.78 Å². The van der Waals surface area contributed by atoms with Gasteiger partial charge in [0.2, 0.25) is 11.4 Å². The van der Waals surface area contributed by atoms with Gasteiger partial charge in [0.1, 0.15) is 5.82 Å². The van der Waals surface area contributed by atoms with E-state index in [4.69, 9.17) is 5.11 Å². The van der Waals surface area contributed by atoms with E-state index in [2.05, 4.69) is 0 Å². The van der Waals surface area contributed by atoms with E-state index < -0.39 is 28.7 Å². The summed E-state index contributed by atoms with van der Waals surface area (Å²) in [6, 6.07) is 2.01. The Balaban J connectivity index is 2.57. The molecule has 1 saturated carbocycles. The molecule has 1 heterocycles. The minimum atomic E-state index is -1.63. The van der Waals surface area contributed by atoms with E-state index in [-0.39, 0.29) is 16.9 Å². The first-order valence-corrected chi connectivity index (χ1v) is 6.19. The van der Waals surface area contributed by atoms with Crippen molar-refractivity contribution in [3.05, 3.63) is 45.2 Å². The maximum Gasteiger partial charge on any atom is 0.344 e. The van der Waals surface area contributed by atoms with Crippen LogP contribution in [0.5, 0.6) is 0 Å². The lowest BCUT2D eigenvalue weighted by Crippen LogP contribution is -2.23. The Kier molecular flexibility index (Phi) is 2.64. The Morgan fingerprint density at radius 2 is 2.00 bits per heavy atom. The molecule has 1 aliphatic carbocycles. The monoisotopic (exact) mass is 279 g/mol. The van der Waals surface area contributed by atoms with Crippen molar-refractivity contribution in [2.75, 3.05) is 0 Å². The molecule has 6 heteroatoms. The fraction of sp³-hybridized carbons (Fsp3) is 0.286. The molecule has 1 N–H and O–H groups in total. The lowest BCUT2D eigenvalue weighted by atomic mass is 10.1. The van der Waals surface area contributed by atoms with Crippen LogP contribution < -0.4 is 5.43 Å². The predicted molar refractivity (Wildman–Crippen MR) is 68.1 cm³/mol. The van der Waals surface area contributed by atoms with Gasteiger partial charge in [0.05, 0.1) is 5.52 Å². The Bertz CT molecular complexity index is 806. The zero-order valence-electron chi connectivity index (χ0n) is 10.6. The van der Waals surface area contributed by atoms with Gasteiger partial charge in [-0.05, 0) is 37.5 Å². The minimum Gasteiger partial charge on any atom is -0.477 e. The number of rotatable bonds is 2. The number of aryl methyl sites for hydroxylation is 1. The van der Waals surface area contributed by atoms with Crippen LogP contribution in [0.3, 0.4) is 0 Å². The van der Waals surface area contributed by atoms with Gasteiger partial charge in [0.25, 0.3) is 0 Å². The van der Waals surface area contributed by atoms with Gasteiger partial charge in [-0.25, -0.2) is 9.18 Å². The number of aromatic carboxylic acids is 1. The molecule has 0 atom stereocenters. The molecule has 0 spiro atoms. The zero-order valence-corrected chi connectivity index (χ0v) is 10.6. The van der Waals surface area contributed by atoms with Gasteiger partial charge >= 0.3 is 5.97 Å². The van der Waals surface area contributed by atoms with Gasteiger partial charge in [-0.1, -0.05) is 0 Å². The first-order valence-electron chi connectivity index (χ1n) is 6.19. The smallest absolute Gasteiger partial charge is 0.344 e.